The highest BCUT2D eigenvalue weighted by molar-refractivity contribution is 6.11. The maximum absolute atomic E-state index is 9.15. The van der Waals surface area contributed by atoms with Crippen LogP contribution in [0.4, 0.5) is 0 Å². The van der Waals surface area contributed by atoms with Gasteiger partial charge in [-0.05, 0) is 12.8 Å². The lowest BCUT2D eigenvalue weighted by atomic mass is 9.89. The van der Waals surface area contributed by atoms with E-state index >= 15 is 0 Å². The number of aliphatic hydroxyl groups is 2. The lowest BCUT2D eigenvalue weighted by Crippen LogP contribution is -2.41. The second-order valence-electron chi connectivity index (χ2n) is 2.54. The minimum absolute atomic E-state index is 0.158. The van der Waals surface area contributed by atoms with Crippen molar-refractivity contribution in [3.63, 3.8) is 0 Å². The summed E-state index contributed by atoms with van der Waals surface area (Å²) in [6.45, 7) is -0.158. The highest BCUT2D eigenvalue weighted by atomic mass is 16.5. The molecular formula is C6H11BO3. The van der Waals surface area contributed by atoms with Gasteiger partial charge in [-0.25, -0.2) is 0 Å². The van der Waals surface area contributed by atoms with E-state index in [0.717, 1.165) is 0 Å². The predicted molar refractivity (Wildman–Crippen MR) is 36.7 cm³/mol. The third-order valence-corrected chi connectivity index (χ3v) is 1.71. The molecule has 2 N–H and O–H groups in total. The summed E-state index contributed by atoms with van der Waals surface area (Å²) in [6, 6.07) is -0.319. The van der Waals surface area contributed by atoms with Gasteiger partial charge in [0.05, 0.1) is 12.7 Å². The van der Waals surface area contributed by atoms with Gasteiger partial charge in [0.15, 0.2) is 0 Å². The predicted octanol–water partition coefficient (Wildman–Crippen LogP) is -0.987. The van der Waals surface area contributed by atoms with Crippen molar-refractivity contribution in [1.82, 2.24) is 0 Å². The lowest BCUT2D eigenvalue weighted by molar-refractivity contribution is -0.108. The summed E-state index contributed by atoms with van der Waals surface area (Å²) in [4.78, 5) is 0. The molecule has 0 aromatic heterocycles. The van der Waals surface area contributed by atoms with Crippen molar-refractivity contribution in [1.29, 1.82) is 0 Å². The van der Waals surface area contributed by atoms with Crippen LogP contribution in [0.25, 0.3) is 0 Å². The van der Waals surface area contributed by atoms with Crippen molar-refractivity contribution < 1.29 is 14.9 Å². The van der Waals surface area contributed by atoms with Crippen LogP contribution in [0.3, 0.4) is 0 Å². The number of rotatable bonds is 1. The van der Waals surface area contributed by atoms with Crippen molar-refractivity contribution in [2.45, 2.75) is 31.1 Å². The molecule has 3 nitrogen and oxygen atoms in total. The largest absolute Gasteiger partial charge is 0.394 e. The molecule has 0 aromatic carbocycles. The second-order valence-corrected chi connectivity index (χ2v) is 2.54. The maximum Gasteiger partial charge on any atom is 0.109 e. The summed E-state index contributed by atoms with van der Waals surface area (Å²) < 4.78 is 5.03. The van der Waals surface area contributed by atoms with Crippen molar-refractivity contribution >= 4 is 7.85 Å². The Labute approximate surface area is 61.4 Å². The summed E-state index contributed by atoms with van der Waals surface area (Å²) in [5.74, 6) is 0. The Bertz CT molecular complexity index is 109. The summed E-state index contributed by atoms with van der Waals surface area (Å²) in [7, 11) is 5.42. The first-order valence-corrected chi connectivity index (χ1v) is 3.44. The van der Waals surface area contributed by atoms with Crippen LogP contribution in [-0.4, -0.2) is 42.9 Å². The van der Waals surface area contributed by atoms with E-state index < -0.39 is 12.2 Å². The number of hydrogen-bond acceptors (Lipinski definition) is 3. The Kier molecular flexibility index (Phi) is 2.71. The smallest absolute Gasteiger partial charge is 0.109 e. The van der Waals surface area contributed by atoms with Crippen LogP contribution in [0.5, 0.6) is 0 Å². The monoisotopic (exact) mass is 142 g/mol. The standard InChI is InChI=1S/C6H11BO3/c7-6-2-1-4(9)5(3-8)10-6/h4-6,8-9H,1-3H2/t4?,5-,6-/m1/s1. The zero-order chi connectivity index (χ0) is 7.56. The van der Waals surface area contributed by atoms with E-state index in [2.05, 4.69) is 0 Å². The Morgan fingerprint density at radius 1 is 1.50 bits per heavy atom. The summed E-state index contributed by atoms with van der Waals surface area (Å²) in [5, 5.41) is 17.8. The highest BCUT2D eigenvalue weighted by Crippen LogP contribution is 2.16. The van der Waals surface area contributed by atoms with Gasteiger partial charge in [-0.3, -0.25) is 0 Å². The van der Waals surface area contributed by atoms with Crippen LogP contribution in [0.15, 0.2) is 0 Å². The van der Waals surface area contributed by atoms with E-state index in [-0.39, 0.29) is 12.6 Å². The van der Waals surface area contributed by atoms with Gasteiger partial charge in [-0.2, -0.15) is 0 Å². The van der Waals surface area contributed by atoms with Gasteiger partial charge < -0.3 is 14.9 Å². The van der Waals surface area contributed by atoms with Crippen LogP contribution < -0.4 is 0 Å². The van der Waals surface area contributed by atoms with Crippen LogP contribution in [0.1, 0.15) is 12.8 Å². The van der Waals surface area contributed by atoms with Gasteiger partial charge in [-0.15, -0.1) is 0 Å². The van der Waals surface area contributed by atoms with Crippen molar-refractivity contribution in [3.8, 4) is 0 Å². The van der Waals surface area contributed by atoms with Gasteiger partial charge in [0, 0.05) is 6.00 Å². The van der Waals surface area contributed by atoms with Gasteiger partial charge in [0.1, 0.15) is 14.0 Å². The minimum Gasteiger partial charge on any atom is -0.394 e. The van der Waals surface area contributed by atoms with E-state index in [4.69, 9.17) is 22.8 Å². The van der Waals surface area contributed by atoms with Crippen molar-refractivity contribution in [2.75, 3.05) is 6.61 Å². The zero-order valence-electron chi connectivity index (χ0n) is 5.73. The lowest BCUT2D eigenvalue weighted by Gasteiger charge is -2.31. The topological polar surface area (TPSA) is 49.7 Å². The van der Waals surface area contributed by atoms with Gasteiger partial charge in [-0.1, -0.05) is 0 Å². The van der Waals surface area contributed by atoms with Crippen LogP contribution in [0, 0.1) is 0 Å². The molecule has 2 radical (unpaired) electrons. The highest BCUT2D eigenvalue weighted by Gasteiger charge is 2.26. The first kappa shape index (κ1) is 8.05. The molecule has 0 aromatic rings. The fourth-order valence-electron chi connectivity index (χ4n) is 1.07. The van der Waals surface area contributed by atoms with E-state index in [1.807, 2.05) is 0 Å². The van der Waals surface area contributed by atoms with Gasteiger partial charge >= 0.3 is 0 Å². The molecule has 0 saturated carbocycles. The van der Waals surface area contributed by atoms with Crippen LogP contribution >= 0.6 is 0 Å². The summed E-state index contributed by atoms with van der Waals surface area (Å²) >= 11 is 0. The SMILES string of the molecule is [B][C@H]1CCC(O)[C@@H](CO)O1. The molecule has 0 aliphatic carbocycles. The molecule has 1 fully saturated rings. The van der Waals surface area contributed by atoms with E-state index in [9.17, 15) is 0 Å². The summed E-state index contributed by atoms with van der Waals surface area (Å²) in [6.07, 6.45) is 0.248. The molecule has 0 spiro atoms. The molecule has 1 aliphatic heterocycles. The Balaban J connectivity index is 2.38. The first-order valence-electron chi connectivity index (χ1n) is 3.44. The Hall–Kier alpha value is -0.0551. The van der Waals surface area contributed by atoms with E-state index in [0.29, 0.717) is 12.8 Å². The molecule has 1 aliphatic rings. The number of hydrogen-bond donors (Lipinski definition) is 2. The Morgan fingerprint density at radius 2 is 2.20 bits per heavy atom. The molecule has 4 heteroatoms. The van der Waals surface area contributed by atoms with Crippen LogP contribution in [0.2, 0.25) is 0 Å². The second kappa shape index (κ2) is 3.37. The average molecular weight is 142 g/mol. The molecule has 1 unspecified atom stereocenters. The third-order valence-electron chi connectivity index (χ3n) is 1.71. The minimum atomic E-state index is -0.551. The molecule has 1 saturated heterocycles. The van der Waals surface area contributed by atoms with Gasteiger partial charge in [0.2, 0.25) is 0 Å². The number of aliphatic hydroxyl groups excluding tert-OH is 2. The van der Waals surface area contributed by atoms with E-state index in [1.54, 1.807) is 0 Å². The van der Waals surface area contributed by atoms with Crippen molar-refractivity contribution in [3.05, 3.63) is 0 Å². The average Bonchev–Trinajstić information content (AvgIpc) is 1.94. The molecule has 1 rings (SSSR count). The quantitative estimate of drug-likeness (QED) is 0.462. The maximum atomic E-state index is 9.15. The van der Waals surface area contributed by atoms with Crippen LogP contribution in [-0.2, 0) is 4.74 Å². The molecule has 10 heavy (non-hydrogen) atoms. The van der Waals surface area contributed by atoms with Crippen molar-refractivity contribution in [2.24, 2.45) is 0 Å². The molecular weight excluding hydrogens is 131 g/mol. The zero-order valence-corrected chi connectivity index (χ0v) is 5.73. The Morgan fingerprint density at radius 3 is 2.70 bits per heavy atom. The van der Waals surface area contributed by atoms with Gasteiger partial charge in [0.25, 0.3) is 0 Å². The van der Waals surface area contributed by atoms with E-state index in [1.165, 1.54) is 0 Å². The summed E-state index contributed by atoms with van der Waals surface area (Å²) in [5.41, 5.74) is 0. The fourth-order valence-corrected chi connectivity index (χ4v) is 1.07. The molecule has 3 atom stereocenters. The molecule has 1 heterocycles. The number of ether oxygens (including phenoxy) is 1. The normalized spacial score (nSPS) is 41.6. The fraction of sp³-hybridized carbons (Fsp3) is 1.00. The third kappa shape index (κ3) is 1.72. The molecule has 0 amide bonds. The first-order chi connectivity index (χ1) is 4.74. The molecule has 0 bridgehead atoms. The molecule has 56 valence electrons.